The Kier molecular flexibility index (Phi) is 4.94. The summed E-state index contributed by atoms with van der Waals surface area (Å²) in [6.45, 7) is 2.03. The highest BCUT2D eigenvalue weighted by atomic mass is 35.5. The maximum Gasteiger partial charge on any atom is 0.314 e. The monoisotopic (exact) mass is 307 g/mol. The molecule has 0 unspecified atom stereocenters. The van der Waals surface area contributed by atoms with E-state index in [1.807, 2.05) is 18.2 Å². The van der Waals surface area contributed by atoms with Crippen molar-refractivity contribution in [1.82, 2.24) is 10.5 Å². The van der Waals surface area contributed by atoms with Crippen LogP contribution in [0.3, 0.4) is 0 Å². The van der Waals surface area contributed by atoms with Gasteiger partial charge in [-0.1, -0.05) is 28.9 Å². The fourth-order valence-electron chi connectivity index (χ4n) is 1.69. The van der Waals surface area contributed by atoms with E-state index in [0.29, 0.717) is 23.7 Å². The molecule has 0 aliphatic heterocycles. The number of carbonyl (C=O) groups excluding carboxylic acids is 2. The van der Waals surface area contributed by atoms with Gasteiger partial charge in [-0.3, -0.25) is 14.9 Å². The lowest BCUT2D eigenvalue weighted by Gasteiger charge is -2.05. The van der Waals surface area contributed by atoms with E-state index in [4.69, 9.17) is 16.1 Å². The zero-order valence-electron chi connectivity index (χ0n) is 11.4. The van der Waals surface area contributed by atoms with Gasteiger partial charge in [0.15, 0.2) is 5.82 Å². The first-order chi connectivity index (χ1) is 10.0. The van der Waals surface area contributed by atoms with Gasteiger partial charge in [-0.2, -0.15) is 0 Å². The number of anilines is 1. The summed E-state index contributed by atoms with van der Waals surface area (Å²) in [5, 5.41) is 9.08. The first-order valence-corrected chi connectivity index (χ1v) is 6.69. The van der Waals surface area contributed by atoms with Crippen molar-refractivity contribution >= 4 is 29.2 Å². The summed E-state index contributed by atoms with van der Waals surface area (Å²) in [7, 11) is 0. The third-order valence-corrected chi connectivity index (χ3v) is 2.90. The standard InChI is InChI=1S/C14H14ClN3O3/c1-9-7-12(18-21-9)17-14(20)13(19)16-6-5-10-3-2-4-11(15)8-10/h2-4,7-8H,5-6H2,1H3,(H,16,19)(H,17,18,20). The minimum absolute atomic E-state index is 0.211. The topological polar surface area (TPSA) is 84.2 Å². The van der Waals surface area contributed by atoms with Gasteiger partial charge in [-0.05, 0) is 31.0 Å². The molecule has 0 saturated heterocycles. The number of hydrogen-bond acceptors (Lipinski definition) is 4. The Hall–Kier alpha value is -2.34. The van der Waals surface area contributed by atoms with E-state index in [1.165, 1.54) is 6.07 Å². The van der Waals surface area contributed by atoms with Crippen molar-refractivity contribution < 1.29 is 14.1 Å². The number of rotatable bonds is 4. The number of nitrogens with one attached hydrogen (secondary N) is 2. The molecule has 2 amide bonds. The van der Waals surface area contributed by atoms with Crippen LogP contribution >= 0.6 is 11.6 Å². The summed E-state index contributed by atoms with van der Waals surface area (Å²) in [6.07, 6.45) is 0.586. The molecule has 7 heteroatoms. The highest BCUT2D eigenvalue weighted by Gasteiger charge is 2.14. The number of benzene rings is 1. The van der Waals surface area contributed by atoms with Crippen LogP contribution in [0, 0.1) is 6.92 Å². The van der Waals surface area contributed by atoms with E-state index in [-0.39, 0.29) is 5.82 Å². The molecule has 0 bridgehead atoms. The molecule has 0 fully saturated rings. The lowest BCUT2D eigenvalue weighted by molar-refractivity contribution is -0.136. The molecular formula is C14H14ClN3O3. The van der Waals surface area contributed by atoms with Gasteiger partial charge in [-0.15, -0.1) is 0 Å². The highest BCUT2D eigenvalue weighted by Crippen LogP contribution is 2.10. The van der Waals surface area contributed by atoms with Crippen LogP contribution in [-0.4, -0.2) is 23.5 Å². The molecule has 1 heterocycles. The first-order valence-electron chi connectivity index (χ1n) is 6.31. The molecule has 1 aromatic heterocycles. The minimum Gasteiger partial charge on any atom is -0.360 e. The van der Waals surface area contributed by atoms with Crippen molar-refractivity contribution in [2.75, 3.05) is 11.9 Å². The van der Waals surface area contributed by atoms with E-state index >= 15 is 0 Å². The van der Waals surface area contributed by atoms with Gasteiger partial charge in [-0.25, -0.2) is 0 Å². The molecule has 2 rings (SSSR count). The molecule has 2 N–H and O–H groups in total. The van der Waals surface area contributed by atoms with Crippen LogP contribution in [-0.2, 0) is 16.0 Å². The summed E-state index contributed by atoms with van der Waals surface area (Å²) >= 11 is 5.86. The molecule has 1 aromatic carbocycles. The van der Waals surface area contributed by atoms with Crippen molar-refractivity contribution in [3.05, 3.63) is 46.7 Å². The SMILES string of the molecule is Cc1cc(NC(=O)C(=O)NCCc2cccc(Cl)c2)no1. The number of nitrogens with zero attached hydrogens (tertiary/aromatic N) is 1. The summed E-state index contributed by atoms with van der Waals surface area (Å²) < 4.78 is 4.79. The van der Waals surface area contributed by atoms with Crippen molar-refractivity contribution in [2.24, 2.45) is 0 Å². The number of halogens is 1. The number of aromatic nitrogens is 1. The van der Waals surface area contributed by atoms with Crippen LogP contribution in [0.4, 0.5) is 5.82 Å². The van der Waals surface area contributed by atoms with Crippen molar-refractivity contribution in [1.29, 1.82) is 0 Å². The van der Waals surface area contributed by atoms with Gasteiger partial charge in [0, 0.05) is 17.6 Å². The predicted molar refractivity (Wildman–Crippen MR) is 78.0 cm³/mol. The van der Waals surface area contributed by atoms with E-state index < -0.39 is 11.8 Å². The molecule has 6 nitrogen and oxygen atoms in total. The second kappa shape index (κ2) is 6.90. The van der Waals surface area contributed by atoms with E-state index in [2.05, 4.69) is 15.8 Å². The zero-order valence-corrected chi connectivity index (χ0v) is 12.1. The summed E-state index contributed by atoms with van der Waals surface area (Å²) in [5.41, 5.74) is 0.982. The van der Waals surface area contributed by atoms with E-state index in [1.54, 1.807) is 13.0 Å². The lowest BCUT2D eigenvalue weighted by atomic mass is 10.1. The molecule has 110 valence electrons. The fourth-order valence-corrected chi connectivity index (χ4v) is 1.90. The first kappa shape index (κ1) is 15.1. The van der Waals surface area contributed by atoms with E-state index in [9.17, 15) is 9.59 Å². The van der Waals surface area contributed by atoms with Crippen LogP contribution in [0.15, 0.2) is 34.9 Å². The number of amides is 2. The predicted octanol–water partition coefficient (Wildman–Crippen LogP) is 1.93. The Bertz CT molecular complexity index is 654. The Labute approximate surface area is 126 Å². The van der Waals surface area contributed by atoms with Gasteiger partial charge in [0.2, 0.25) is 0 Å². The third-order valence-electron chi connectivity index (χ3n) is 2.66. The molecule has 21 heavy (non-hydrogen) atoms. The molecule has 0 radical (unpaired) electrons. The van der Waals surface area contributed by atoms with Crippen molar-refractivity contribution in [2.45, 2.75) is 13.3 Å². The largest absolute Gasteiger partial charge is 0.360 e. The number of aryl methyl sites for hydroxylation is 1. The van der Waals surface area contributed by atoms with Gasteiger partial charge in [0.05, 0.1) is 0 Å². The summed E-state index contributed by atoms with van der Waals surface area (Å²) in [4.78, 5) is 23.2. The van der Waals surface area contributed by atoms with Gasteiger partial charge < -0.3 is 9.84 Å². The zero-order chi connectivity index (χ0) is 15.2. The Morgan fingerprint density at radius 2 is 2.10 bits per heavy atom. The van der Waals surface area contributed by atoms with Crippen LogP contribution in [0.2, 0.25) is 5.02 Å². The van der Waals surface area contributed by atoms with E-state index in [0.717, 1.165) is 5.56 Å². The molecule has 0 aliphatic carbocycles. The molecule has 0 atom stereocenters. The van der Waals surface area contributed by atoms with Crippen LogP contribution in [0.5, 0.6) is 0 Å². The van der Waals surface area contributed by atoms with Crippen molar-refractivity contribution in [3.8, 4) is 0 Å². The maximum atomic E-state index is 11.6. The maximum absolute atomic E-state index is 11.6. The second-order valence-electron chi connectivity index (χ2n) is 4.41. The average Bonchev–Trinajstić information content (AvgIpc) is 2.84. The quantitative estimate of drug-likeness (QED) is 0.845. The Balaban J connectivity index is 1.77. The van der Waals surface area contributed by atoms with Crippen molar-refractivity contribution in [3.63, 3.8) is 0 Å². The second-order valence-corrected chi connectivity index (χ2v) is 4.85. The number of hydrogen-bond donors (Lipinski definition) is 2. The normalized spacial score (nSPS) is 10.2. The summed E-state index contributed by atoms with van der Waals surface area (Å²) in [6, 6.07) is 8.84. The highest BCUT2D eigenvalue weighted by molar-refractivity contribution is 6.39. The minimum atomic E-state index is -0.783. The van der Waals surface area contributed by atoms with Gasteiger partial charge in [0.25, 0.3) is 0 Å². The Morgan fingerprint density at radius 3 is 2.76 bits per heavy atom. The summed E-state index contributed by atoms with van der Waals surface area (Å²) in [5.74, 6) is -0.749. The number of carbonyl (C=O) groups is 2. The lowest BCUT2D eigenvalue weighted by Crippen LogP contribution is -2.36. The van der Waals surface area contributed by atoms with Gasteiger partial charge >= 0.3 is 11.8 Å². The molecular weight excluding hydrogens is 294 g/mol. The molecule has 0 spiro atoms. The fraction of sp³-hybridized carbons (Fsp3) is 0.214. The van der Waals surface area contributed by atoms with Crippen LogP contribution < -0.4 is 10.6 Å². The third kappa shape index (κ3) is 4.61. The smallest absolute Gasteiger partial charge is 0.314 e. The average molecular weight is 308 g/mol. The van der Waals surface area contributed by atoms with Crippen LogP contribution in [0.25, 0.3) is 0 Å². The molecule has 2 aromatic rings. The Morgan fingerprint density at radius 1 is 1.29 bits per heavy atom. The van der Waals surface area contributed by atoms with Gasteiger partial charge in [0.1, 0.15) is 5.76 Å². The molecule has 0 saturated carbocycles. The molecule has 0 aliphatic rings. The van der Waals surface area contributed by atoms with Crippen LogP contribution in [0.1, 0.15) is 11.3 Å².